The fraction of sp³-hybridized carbons (Fsp3) is 1.00. The third-order valence-corrected chi connectivity index (χ3v) is 4.11. The number of rotatable bonds is 7. The zero-order valence-corrected chi connectivity index (χ0v) is 10.5. The summed E-state index contributed by atoms with van der Waals surface area (Å²) in [5.41, 5.74) is 0. The molecule has 2 aliphatic rings. The first-order chi connectivity index (χ1) is 7.16. The van der Waals surface area contributed by atoms with Crippen LogP contribution in [0.2, 0.25) is 0 Å². The maximum Gasteiger partial charge on any atom is 0.0104 e. The number of likely N-dealkylation sites (N-methyl/N-ethyl adjacent to an activating group) is 1. The van der Waals surface area contributed by atoms with E-state index in [1.807, 2.05) is 0 Å². The highest BCUT2D eigenvalue weighted by atomic mass is 15.1. The first kappa shape index (κ1) is 11.4. The third kappa shape index (κ3) is 3.76. The molecule has 0 spiro atoms. The SMILES string of the molecule is CC1CC1CN(C)CCNC(C)C1CC1. The molecule has 2 aliphatic carbocycles. The number of nitrogens with one attached hydrogen (secondary N) is 1. The molecule has 0 aromatic rings. The van der Waals surface area contributed by atoms with E-state index >= 15 is 0 Å². The van der Waals surface area contributed by atoms with Crippen LogP contribution in [0.15, 0.2) is 0 Å². The predicted octanol–water partition coefficient (Wildman–Crippen LogP) is 1.96. The Kier molecular flexibility index (Phi) is 3.68. The Morgan fingerprint density at radius 2 is 2.07 bits per heavy atom. The van der Waals surface area contributed by atoms with Gasteiger partial charge in [-0.1, -0.05) is 6.92 Å². The summed E-state index contributed by atoms with van der Waals surface area (Å²) in [6, 6.07) is 0.748. The van der Waals surface area contributed by atoms with Gasteiger partial charge in [-0.05, 0) is 51.0 Å². The highest BCUT2D eigenvalue weighted by Gasteiger charge is 2.33. The summed E-state index contributed by atoms with van der Waals surface area (Å²) in [5.74, 6) is 2.97. The summed E-state index contributed by atoms with van der Waals surface area (Å²) in [4.78, 5) is 2.49. The van der Waals surface area contributed by atoms with Gasteiger partial charge in [-0.25, -0.2) is 0 Å². The van der Waals surface area contributed by atoms with E-state index in [0.717, 1.165) is 30.3 Å². The second-order valence-corrected chi connectivity index (χ2v) is 5.82. The zero-order chi connectivity index (χ0) is 10.8. The molecule has 2 nitrogen and oxygen atoms in total. The van der Waals surface area contributed by atoms with Crippen LogP contribution in [0, 0.1) is 17.8 Å². The minimum absolute atomic E-state index is 0.748. The second-order valence-electron chi connectivity index (χ2n) is 5.82. The molecule has 0 amide bonds. The molecule has 88 valence electrons. The molecule has 0 heterocycles. The summed E-state index contributed by atoms with van der Waals surface area (Å²) < 4.78 is 0. The fourth-order valence-corrected chi connectivity index (χ4v) is 2.39. The number of nitrogens with zero attached hydrogens (tertiary/aromatic N) is 1. The quantitative estimate of drug-likeness (QED) is 0.691. The molecular formula is C13H26N2. The lowest BCUT2D eigenvalue weighted by Crippen LogP contribution is -2.36. The monoisotopic (exact) mass is 210 g/mol. The molecular weight excluding hydrogens is 184 g/mol. The van der Waals surface area contributed by atoms with Gasteiger partial charge in [-0.3, -0.25) is 0 Å². The average molecular weight is 210 g/mol. The topological polar surface area (TPSA) is 15.3 Å². The fourth-order valence-electron chi connectivity index (χ4n) is 2.39. The van der Waals surface area contributed by atoms with Crippen molar-refractivity contribution in [3.8, 4) is 0 Å². The van der Waals surface area contributed by atoms with Gasteiger partial charge in [0.2, 0.25) is 0 Å². The van der Waals surface area contributed by atoms with E-state index in [2.05, 4.69) is 31.1 Å². The van der Waals surface area contributed by atoms with Gasteiger partial charge in [0.1, 0.15) is 0 Å². The number of hydrogen-bond acceptors (Lipinski definition) is 2. The Morgan fingerprint density at radius 1 is 1.40 bits per heavy atom. The van der Waals surface area contributed by atoms with Gasteiger partial charge in [0.05, 0.1) is 0 Å². The summed E-state index contributed by atoms with van der Waals surface area (Å²) >= 11 is 0. The lowest BCUT2D eigenvalue weighted by molar-refractivity contribution is 0.305. The molecule has 0 aromatic heterocycles. The summed E-state index contributed by atoms with van der Waals surface area (Å²) in [6.07, 6.45) is 4.35. The molecule has 2 fully saturated rings. The van der Waals surface area contributed by atoms with Crippen LogP contribution >= 0.6 is 0 Å². The van der Waals surface area contributed by atoms with Gasteiger partial charge in [0, 0.05) is 25.7 Å². The second kappa shape index (κ2) is 4.84. The van der Waals surface area contributed by atoms with Gasteiger partial charge < -0.3 is 10.2 Å². The minimum atomic E-state index is 0.748. The van der Waals surface area contributed by atoms with E-state index in [1.165, 1.54) is 32.4 Å². The molecule has 2 heteroatoms. The van der Waals surface area contributed by atoms with Crippen LogP contribution in [-0.4, -0.2) is 37.6 Å². The lowest BCUT2D eigenvalue weighted by atomic mass is 10.2. The molecule has 0 aliphatic heterocycles. The molecule has 1 N–H and O–H groups in total. The number of hydrogen-bond donors (Lipinski definition) is 1. The van der Waals surface area contributed by atoms with Crippen molar-refractivity contribution in [1.82, 2.24) is 10.2 Å². The van der Waals surface area contributed by atoms with E-state index in [9.17, 15) is 0 Å². The zero-order valence-electron chi connectivity index (χ0n) is 10.5. The summed E-state index contributed by atoms with van der Waals surface area (Å²) in [7, 11) is 2.26. The van der Waals surface area contributed by atoms with Crippen LogP contribution in [0.25, 0.3) is 0 Å². The third-order valence-electron chi connectivity index (χ3n) is 4.11. The molecule has 0 saturated heterocycles. The van der Waals surface area contributed by atoms with Gasteiger partial charge in [-0.2, -0.15) is 0 Å². The van der Waals surface area contributed by atoms with Crippen LogP contribution in [0.5, 0.6) is 0 Å². The van der Waals surface area contributed by atoms with Crippen LogP contribution in [-0.2, 0) is 0 Å². The highest BCUT2D eigenvalue weighted by molar-refractivity contribution is 4.85. The Bertz CT molecular complexity index is 201. The molecule has 3 atom stereocenters. The molecule has 2 rings (SSSR count). The van der Waals surface area contributed by atoms with E-state index < -0.39 is 0 Å². The van der Waals surface area contributed by atoms with E-state index in [-0.39, 0.29) is 0 Å². The van der Waals surface area contributed by atoms with E-state index in [1.54, 1.807) is 0 Å². The molecule has 3 unspecified atom stereocenters. The van der Waals surface area contributed by atoms with Crippen molar-refractivity contribution in [2.24, 2.45) is 17.8 Å². The smallest absolute Gasteiger partial charge is 0.0104 e. The van der Waals surface area contributed by atoms with E-state index in [0.29, 0.717) is 0 Å². The lowest BCUT2D eigenvalue weighted by Gasteiger charge is -2.19. The Hall–Kier alpha value is -0.0800. The van der Waals surface area contributed by atoms with Crippen LogP contribution < -0.4 is 5.32 Å². The van der Waals surface area contributed by atoms with Crippen molar-refractivity contribution < 1.29 is 0 Å². The first-order valence-electron chi connectivity index (χ1n) is 6.58. The van der Waals surface area contributed by atoms with E-state index in [4.69, 9.17) is 0 Å². The standard InChI is InChI=1S/C13H26N2/c1-10-8-13(10)9-15(3)7-6-14-11(2)12-4-5-12/h10-14H,4-9H2,1-3H3. The predicted molar refractivity (Wildman–Crippen MR) is 65.0 cm³/mol. The largest absolute Gasteiger partial charge is 0.313 e. The van der Waals surface area contributed by atoms with Crippen molar-refractivity contribution in [3.05, 3.63) is 0 Å². The normalized spacial score (nSPS) is 32.0. The molecule has 0 radical (unpaired) electrons. The van der Waals surface area contributed by atoms with Gasteiger partial charge in [-0.15, -0.1) is 0 Å². The van der Waals surface area contributed by atoms with Gasteiger partial charge in [0.15, 0.2) is 0 Å². The van der Waals surface area contributed by atoms with Crippen molar-refractivity contribution in [3.63, 3.8) is 0 Å². The molecule has 0 bridgehead atoms. The van der Waals surface area contributed by atoms with Crippen molar-refractivity contribution in [2.45, 2.75) is 39.2 Å². The summed E-state index contributed by atoms with van der Waals surface area (Å²) in [5, 5.41) is 3.64. The van der Waals surface area contributed by atoms with Crippen LogP contribution in [0.4, 0.5) is 0 Å². The van der Waals surface area contributed by atoms with Crippen LogP contribution in [0.3, 0.4) is 0 Å². The minimum Gasteiger partial charge on any atom is -0.313 e. The van der Waals surface area contributed by atoms with Crippen molar-refractivity contribution in [1.29, 1.82) is 0 Å². The van der Waals surface area contributed by atoms with Gasteiger partial charge >= 0.3 is 0 Å². The maximum atomic E-state index is 3.64. The molecule has 2 saturated carbocycles. The average Bonchev–Trinajstić information content (AvgIpc) is 3.03. The van der Waals surface area contributed by atoms with Crippen molar-refractivity contribution in [2.75, 3.05) is 26.7 Å². The van der Waals surface area contributed by atoms with Crippen molar-refractivity contribution >= 4 is 0 Å². The Morgan fingerprint density at radius 3 is 2.60 bits per heavy atom. The molecule has 15 heavy (non-hydrogen) atoms. The van der Waals surface area contributed by atoms with Crippen LogP contribution in [0.1, 0.15) is 33.1 Å². The first-order valence-corrected chi connectivity index (χ1v) is 6.58. The maximum absolute atomic E-state index is 3.64. The highest BCUT2D eigenvalue weighted by Crippen LogP contribution is 2.37. The molecule has 0 aromatic carbocycles. The van der Waals surface area contributed by atoms with Gasteiger partial charge in [0.25, 0.3) is 0 Å². The Balaban J connectivity index is 1.49. The Labute approximate surface area is 94.4 Å². The summed E-state index contributed by atoms with van der Waals surface area (Å²) in [6.45, 7) is 8.38.